The van der Waals surface area contributed by atoms with Gasteiger partial charge in [0.15, 0.2) is 0 Å². The normalized spacial score (nSPS) is 14.6. The second kappa shape index (κ2) is 6.40. The van der Waals surface area contributed by atoms with Crippen molar-refractivity contribution in [1.82, 2.24) is 5.32 Å². The van der Waals surface area contributed by atoms with Gasteiger partial charge in [0.05, 0.1) is 11.8 Å². The number of rotatable bonds is 2. The Morgan fingerprint density at radius 2 is 1.93 bits per heavy atom. The highest BCUT2D eigenvalue weighted by Gasteiger charge is 2.14. The Labute approximate surface area is 86.5 Å². The molecule has 0 aliphatic carbocycles. The fourth-order valence-electron chi connectivity index (χ4n) is 0.865. The molecule has 0 amide bonds. The summed E-state index contributed by atoms with van der Waals surface area (Å²) < 4.78 is 0. The van der Waals surface area contributed by atoms with Crippen LogP contribution in [0.15, 0.2) is 0 Å². The predicted molar refractivity (Wildman–Crippen MR) is 59.6 cm³/mol. The molecule has 0 radical (unpaired) electrons. The van der Waals surface area contributed by atoms with Crippen LogP contribution in [0.1, 0.15) is 27.7 Å². The van der Waals surface area contributed by atoms with Crippen LogP contribution in [0.3, 0.4) is 0 Å². The average molecular weight is 200 g/mol. The molecule has 0 spiro atoms. The first kappa shape index (κ1) is 12.9. The molecule has 0 unspecified atom stereocenters. The molecule has 4 nitrogen and oxygen atoms in total. The molecule has 0 aromatic carbocycles. The van der Waals surface area contributed by atoms with Gasteiger partial charge in [0.2, 0.25) is 11.7 Å². The van der Waals surface area contributed by atoms with Gasteiger partial charge in [-0.3, -0.25) is 21.5 Å². The zero-order valence-electron chi connectivity index (χ0n) is 9.72. The largest absolute Gasteiger partial charge is 0.291 e. The van der Waals surface area contributed by atoms with E-state index in [9.17, 15) is 0 Å². The van der Waals surface area contributed by atoms with Crippen LogP contribution in [0.5, 0.6) is 0 Å². The van der Waals surface area contributed by atoms with Crippen LogP contribution in [0.25, 0.3) is 0 Å². The number of nitrogens with one attached hydrogen (secondary N) is 2. The Balaban J connectivity index is 0.000000255. The van der Waals surface area contributed by atoms with Gasteiger partial charge in [-0.2, -0.15) is 0 Å². The molecule has 1 aliphatic rings. The maximum absolute atomic E-state index is 5.13. The van der Waals surface area contributed by atoms with Crippen LogP contribution in [-0.2, 0) is 0 Å². The molecule has 0 aromatic heterocycles. The van der Waals surface area contributed by atoms with Gasteiger partial charge < -0.3 is 0 Å². The summed E-state index contributed by atoms with van der Waals surface area (Å²) in [6.07, 6.45) is 0. The van der Waals surface area contributed by atoms with Crippen molar-refractivity contribution in [2.75, 3.05) is 13.1 Å². The predicted octanol–water partition coefficient (Wildman–Crippen LogP) is -2.52. The molecule has 4 heteroatoms. The highest BCUT2D eigenvalue weighted by molar-refractivity contribution is 5.78. The van der Waals surface area contributed by atoms with Crippen LogP contribution in [-0.4, -0.2) is 24.8 Å². The maximum atomic E-state index is 5.13. The Kier molecular flexibility index (Phi) is 5.92. The molecular formula is C10H24N4+2. The van der Waals surface area contributed by atoms with E-state index in [1.54, 1.807) is 0 Å². The van der Waals surface area contributed by atoms with Gasteiger partial charge in [0.1, 0.15) is 13.1 Å². The first-order chi connectivity index (χ1) is 6.45. The smallest absolute Gasteiger partial charge is 0.245 e. The van der Waals surface area contributed by atoms with E-state index in [0.717, 1.165) is 13.1 Å². The molecule has 0 atom stereocenters. The van der Waals surface area contributed by atoms with Gasteiger partial charge in [-0.25, -0.2) is 0 Å². The Bertz CT molecular complexity index is 206. The molecule has 6 N–H and O–H groups in total. The zero-order valence-corrected chi connectivity index (χ0v) is 9.72. The molecule has 82 valence electrons. The third-order valence-electron chi connectivity index (χ3n) is 2.00. The molecule has 1 heterocycles. The van der Waals surface area contributed by atoms with E-state index in [1.807, 2.05) is 13.8 Å². The fourth-order valence-corrected chi connectivity index (χ4v) is 0.865. The first-order valence-electron chi connectivity index (χ1n) is 5.17. The van der Waals surface area contributed by atoms with Crippen LogP contribution >= 0.6 is 0 Å². The second-order valence-corrected chi connectivity index (χ2v) is 4.08. The van der Waals surface area contributed by atoms with E-state index in [4.69, 9.17) is 11.1 Å². The average Bonchev–Trinajstić information content (AvgIpc) is 2.56. The van der Waals surface area contributed by atoms with E-state index in [0.29, 0.717) is 17.7 Å². The van der Waals surface area contributed by atoms with Gasteiger partial charge in [-0.1, -0.05) is 27.7 Å². The summed E-state index contributed by atoms with van der Waals surface area (Å²) in [7, 11) is 0. The summed E-state index contributed by atoms with van der Waals surface area (Å²) in [4.78, 5) is 3.26. The van der Waals surface area contributed by atoms with Crippen LogP contribution < -0.4 is 21.5 Å². The van der Waals surface area contributed by atoms with Crippen molar-refractivity contribution in [2.24, 2.45) is 17.6 Å². The van der Waals surface area contributed by atoms with Gasteiger partial charge >= 0.3 is 0 Å². The van der Waals surface area contributed by atoms with Crippen molar-refractivity contribution < 1.29 is 10.4 Å². The summed E-state index contributed by atoms with van der Waals surface area (Å²) >= 11 is 0. The van der Waals surface area contributed by atoms with Gasteiger partial charge in [-0.15, -0.1) is 0 Å². The lowest BCUT2D eigenvalue weighted by Crippen LogP contribution is -2.71. The summed E-state index contributed by atoms with van der Waals surface area (Å²) in [5, 5.41) is 8.39. The molecule has 0 bridgehead atoms. The monoisotopic (exact) mass is 200 g/mol. The third kappa shape index (κ3) is 5.56. The summed E-state index contributed by atoms with van der Waals surface area (Å²) in [5.74, 6) is 2.77. The van der Waals surface area contributed by atoms with Crippen molar-refractivity contribution in [1.29, 1.82) is 0 Å². The lowest BCUT2D eigenvalue weighted by Gasteiger charge is -1.95. The molecule has 1 aliphatic heterocycles. The van der Waals surface area contributed by atoms with E-state index >= 15 is 0 Å². The molecule has 0 aromatic rings. The van der Waals surface area contributed by atoms with Crippen molar-refractivity contribution in [3.63, 3.8) is 0 Å². The molecule has 1 rings (SSSR count). The molecule has 0 saturated heterocycles. The third-order valence-corrected chi connectivity index (χ3v) is 2.00. The SMILES string of the molecule is CC(C)C(N)=[NH2+].CC(C)C1=[NH+]CCN1. The van der Waals surface area contributed by atoms with Crippen molar-refractivity contribution in [2.45, 2.75) is 27.7 Å². The number of amidine groups is 2. The fraction of sp³-hybridized carbons (Fsp3) is 0.800. The lowest BCUT2D eigenvalue weighted by molar-refractivity contribution is -0.447. The minimum Gasteiger partial charge on any atom is -0.291 e. The van der Waals surface area contributed by atoms with Gasteiger partial charge in [-0.05, 0) is 0 Å². The number of hydrogen-bond acceptors (Lipinski definition) is 1. The maximum Gasteiger partial charge on any atom is 0.245 e. The lowest BCUT2D eigenvalue weighted by atomic mass is 10.2. The second-order valence-electron chi connectivity index (χ2n) is 4.08. The Hall–Kier alpha value is -1.06. The molecular weight excluding hydrogens is 176 g/mol. The van der Waals surface area contributed by atoms with Crippen LogP contribution in [0.4, 0.5) is 0 Å². The van der Waals surface area contributed by atoms with Gasteiger partial charge in [0, 0.05) is 0 Å². The first-order valence-corrected chi connectivity index (χ1v) is 5.17. The Morgan fingerprint density at radius 1 is 1.43 bits per heavy atom. The highest BCUT2D eigenvalue weighted by Crippen LogP contribution is 1.88. The van der Waals surface area contributed by atoms with E-state index in [2.05, 4.69) is 24.2 Å². The van der Waals surface area contributed by atoms with E-state index < -0.39 is 0 Å². The highest BCUT2D eigenvalue weighted by atomic mass is 15.1. The molecule has 14 heavy (non-hydrogen) atoms. The van der Waals surface area contributed by atoms with Crippen LogP contribution in [0.2, 0.25) is 0 Å². The van der Waals surface area contributed by atoms with E-state index in [1.165, 1.54) is 5.84 Å². The minimum absolute atomic E-state index is 0.324. The minimum atomic E-state index is 0.324. The summed E-state index contributed by atoms with van der Waals surface area (Å²) in [6, 6.07) is 0. The van der Waals surface area contributed by atoms with Crippen molar-refractivity contribution >= 4 is 11.7 Å². The van der Waals surface area contributed by atoms with Crippen molar-refractivity contribution in [3.05, 3.63) is 0 Å². The Morgan fingerprint density at radius 3 is 2.07 bits per heavy atom. The topological polar surface area (TPSA) is 77.6 Å². The molecule has 0 saturated carbocycles. The summed E-state index contributed by atoms with van der Waals surface area (Å²) in [6.45, 7) is 10.5. The molecule has 0 fully saturated rings. The van der Waals surface area contributed by atoms with Gasteiger partial charge in [0.25, 0.3) is 0 Å². The number of nitrogens with two attached hydrogens (primary N) is 2. The quantitative estimate of drug-likeness (QED) is 0.293. The standard InChI is InChI=1S/C6H12N2.C4H10N2/c1-5(2)6-7-3-4-8-6;1-3(2)4(5)6/h5H,3-4H2,1-2H3,(H,7,8);3H,1-2H3,(H3,5,6)/p+2. The number of hydrogen-bond donors (Lipinski definition) is 4. The van der Waals surface area contributed by atoms with Crippen molar-refractivity contribution in [3.8, 4) is 0 Å². The van der Waals surface area contributed by atoms with Crippen LogP contribution in [0, 0.1) is 11.8 Å². The zero-order chi connectivity index (χ0) is 11.1. The summed E-state index contributed by atoms with van der Waals surface area (Å²) in [5.41, 5.74) is 5.13. The van der Waals surface area contributed by atoms with E-state index in [-0.39, 0.29) is 0 Å².